The highest BCUT2D eigenvalue weighted by Crippen LogP contribution is 2.33. The van der Waals surface area contributed by atoms with Crippen LogP contribution in [0.3, 0.4) is 0 Å². The van der Waals surface area contributed by atoms with Gasteiger partial charge >= 0.3 is 6.09 Å². The summed E-state index contributed by atoms with van der Waals surface area (Å²) in [5.74, 6) is 0.117. The number of ether oxygens (including phenoxy) is 2. The quantitative estimate of drug-likeness (QED) is 0.338. The molecule has 41 heavy (non-hydrogen) atoms. The van der Waals surface area contributed by atoms with Gasteiger partial charge in [-0.25, -0.2) is 13.9 Å². The summed E-state index contributed by atoms with van der Waals surface area (Å²) in [5.41, 5.74) is 0.674. The summed E-state index contributed by atoms with van der Waals surface area (Å²) in [4.78, 5) is 27.4. The van der Waals surface area contributed by atoms with Crippen molar-refractivity contribution in [3.05, 3.63) is 51.7 Å². The zero-order chi connectivity index (χ0) is 29.4. The summed E-state index contributed by atoms with van der Waals surface area (Å²) < 4.78 is 26.1. The number of anilines is 2. The Morgan fingerprint density at radius 3 is 2.59 bits per heavy atom. The van der Waals surface area contributed by atoms with Gasteiger partial charge in [-0.15, -0.1) is 0 Å². The number of rotatable bonds is 10. The molecule has 1 aliphatic heterocycles. The number of nitrogens with zero attached hydrogens (tertiary/aromatic N) is 3. The third-order valence-corrected chi connectivity index (χ3v) is 8.00. The molecule has 1 amide bonds. The molecule has 11 heteroatoms. The summed E-state index contributed by atoms with van der Waals surface area (Å²) in [7, 11) is 0. The molecule has 0 radical (unpaired) electrons. The average Bonchev–Trinajstić information content (AvgIpc) is 2.94. The van der Waals surface area contributed by atoms with Gasteiger partial charge in [-0.05, 0) is 95.9 Å². The van der Waals surface area contributed by atoms with Crippen molar-refractivity contribution >= 4 is 29.1 Å². The van der Waals surface area contributed by atoms with E-state index in [1.54, 1.807) is 18.3 Å². The van der Waals surface area contributed by atoms with Crippen molar-refractivity contribution in [2.24, 2.45) is 5.92 Å². The van der Waals surface area contributed by atoms with Crippen LogP contribution < -0.4 is 21.1 Å². The molecule has 4 rings (SSSR count). The number of halogens is 2. The van der Waals surface area contributed by atoms with Crippen LogP contribution in [0.1, 0.15) is 71.8 Å². The molecule has 1 aromatic carbocycles. The lowest BCUT2D eigenvalue weighted by atomic mass is 9.89. The number of hydrogen-bond donors (Lipinski definition) is 2. The Bertz CT molecular complexity index is 1190. The van der Waals surface area contributed by atoms with Crippen molar-refractivity contribution in [2.45, 2.75) is 83.4 Å². The van der Waals surface area contributed by atoms with E-state index in [2.05, 4.69) is 20.6 Å². The highest BCUT2D eigenvalue weighted by molar-refractivity contribution is 6.32. The Morgan fingerprint density at radius 2 is 1.93 bits per heavy atom. The maximum atomic E-state index is 13.7. The predicted octanol–water partition coefficient (Wildman–Crippen LogP) is 5.78. The first-order chi connectivity index (χ1) is 19.6. The second kappa shape index (κ2) is 14.4. The molecule has 1 saturated heterocycles. The van der Waals surface area contributed by atoms with Gasteiger partial charge in [0.25, 0.3) is 5.56 Å². The number of nitrogens with one attached hydrogen (secondary N) is 2. The number of alkyl carbamates (subject to hydrolysis) is 1. The van der Waals surface area contributed by atoms with E-state index in [9.17, 15) is 14.0 Å². The summed E-state index contributed by atoms with van der Waals surface area (Å²) in [5, 5.41) is 10.8. The van der Waals surface area contributed by atoms with Gasteiger partial charge in [-0.3, -0.25) is 4.79 Å². The Kier molecular flexibility index (Phi) is 10.9. The fourth-order valence-electron chi connectivity index (χ4n) is 5.57. The minimum Gasteiger partial charge on any atom is -0.444 e. The topological polar surface area (TPSA) is 97.7 Å². The fourth-order valence-corrected chi connectivity index (χ4v) is 5.78. The molecular weight excluding hydrogens is 549 g/mol. The first kappa shape index (κ1) is 31.1. The number of hydrogen-bond acceptors (Lipinski definition) is 7. The summed E-state index contributed by atoms with van der Waals surface area (Å²) in [6.45, 7) is 8.86. The Morgan fingerprint density at radius 1 is 1.20 bits per heavy atom. The van der Waals surface area contributed by atoms with Crippen LogP contribution in [0.15, 0.2) is 35.3 Å². The minimum absolute atomic E-state index is 0.0408. The molecule has 0 bridgehead atoms. The van der Waals surface area contributed by atoms with E-state index in [1.165, 1.54) is 16.8 Å². The van der Waals surface area contributed by atoms with Crippen LogP contribution in [-0.4, -0.2) is 60.4 Å². The second-order valence-corrected chi connectivity index (χ2v) is 12.4. The lowest BCUT2D eigenvalue weighted by molar-refractivity contribution is 0.0527. The number of benzene rings is 1. The zero-order valence-corrected chi connectivity index (χ0v) is 25.1. The van der Waals surface area contributed by atoms with Gasteiger partial charge in [0.1, 0.15) is 16.4 Å². The molecule has 2 aliphatic rings. The van der Waals surface area contributed by atoms with Crippen molar-refractivity contribution in [3.8, 4) is 0 Å². The summed E-state index contributed by atoms with van der Waals surface area (Å²) in [6.07, 6.45) is 7.28. The standard InChI is InChI=1S/C30H43ClFN5O4/c1-30(2,3)41-29(39)33-15-5-16-36(23-9-7-22(32)8-10-23)24-11-13-25(14-12-24)37-28(38)27(31)26(19-35-37)34-18-21-6-4-17-40-20-21/h7-10,19,21,24-25,34H,4-6,11-18,20H2,1-3H3,(H,33,39)/t21-,24-,25-/m1/s1. The number of aromatic nitrogens is 2. The maximum absolute atomic E-state index is 13.7. The van der Waals surface area contributed by atoms with E-state index >= 15 is 0 Å². The molecule has 9 nitrogen and oxygen atoms in total. The molecule has 2 heterocycles. The van der Waals surface area contributed by atoms with E-state index in [1.807, 2.05) is 20.8 Å². The molecule has 1 saturated carbocycles. The first-order valence-corrected chi connectivity index (χ1v) is 15.1. The normalized spacial score (nSPS) is 21.2. The van der Waals surface area contributed by atoms with E-state index < -0.39 is 11.7 Å². The van der Waals surface area contributed by atoms with Gasteiger partial charge in [-0.1, -0.05) is 11.6 Å². The van der Waals surface area contributed by atoms with Gasteiger partial charge < -0.3 is 25.0 Å². The van der Waals surface area contributed by atoms with Crippen molar-refractivity contribution in [1.82, 2.24) is 15.1 Å². The van der Waals surface area contributed by atoms with E-state index in [0.717, 1.165) is 50.8 Å². The summed E-state index contributed by atoms with van der Waals surface area (Å²) in [6, 6.07) is 6.69. The van der Waals surface area contributed by atoms with E-state index in [0.29, 0.717) is 44.3 Å². The van der Waals surface area contributed by atoms with Gasteiger partial charge in [-0.2, -0.15) is 5.10 Å². The first-order valence-electron chi connectivity index (χ1n) is 14.7. The lowest BCUT2D eigenvalue weighted by Crippen LogP contribution is -2.42. The molecule has 226 valence electrons. The third-order valence-electron chi connectivity index (χ3n) is 7.63. The average molecular weight is 592 g/mol. The molecule has 2 N–H and O–H groups in total. The van der Waals surface area contributed by atoms with E-state index in [4.69, 9.17) is 21.1 Å². The lowest BCUT2D eigenvalue weighted by Gasteiger charge is -2.38. The van der Waals surface area contributed by atoms with Gasteiger partial charge in [0.2, 0.25) is 0 Å². The van der Waals surface area contributed by atoms with Crippen LogP contribution >= 0.6 is 11.6 Å². The smallest absolute Gasteiger partial charge is 0.407 e. The third kappa shape index (κ3) is 9.07. The summed E-state index contributed by atoms with van der Waals surface area (Å²) >= 11 is 6.49. The van der Waals surface area contributed by atoms with Crippen molar-refractivity contribution in [1.29, 1.82) is 0 Å². The molecule has 0 spiro atoms. The SMILES string of the molecule is CC(C)(C)OC(=O)NCCCN(c1ccc(F)cc1)[C@H]1CC[C@H](n2ncc(NC[C@H]3CCCOC3)c(Cl)c2=O)CC1. The molecule has 1 aromatic heterocycles. The van der Waals surface area contributed by atoms with Gasteiger partial charge in [0.15, 0.2) is 0 Å². The van der Waals surface area contributed by atoms with Crippen LogP contribution in [0.25, 0.3) is 0 Å². The van der Waals surface area contributed by atoms with Gasteiger partial charge in [0.05, 0.1) is 24.5 Å². The molecule has 0 unspecified atom stereocenters. The molecular formula is C30H43ClFN5O4. The van der Waals surface area contributed by atoms with E-state index in [-0.39, 0.29) is 28.5 Å². The number of amides is 1. The van der Waals surface area contributed by atoms with Crippen molar-refractivity contribution < 1.29 is 18.7 Å². The Hall–Kier alpha value is -2.85. The highest BCUT2D eigenvalue weighted by atomic mass is 35.5. The Labute approximate surface area is 246 Å². The number of carbonyl (C=O) groups excluding carboxylic acids is 1. The molecule has 1 atom stereocenters. The zero-order valence-electron chi connectivity index (χ0n) is 24.3. The van der Waals surface area contributed by atoms with Crippen molar-refractivity contribution in [3.63, 3.8) is 0 Å². The minimum atomic E-state index is -0.550. The monoisotopic (exact) mass is 591 g/mol. The van der Waals surface area contributed by atoms with Crippen LogP contribution in [-0.2, 0) is 9.47 Å². The molecule has 2 aromatic rings. The molecule has 2 fully saturated rings. The predicted molar refractivity (Wildman–Crippen MR) is 159 cm³/mol. The highest BCUT2D eigenvalue weighted by Gasteiger charge is 2.29. The van der Waals surface area contributed by atoms with Crippen LogP contribution in [0.2, 0.25) is 5.02 Å². The largest absolute Gasteiger partial charge is 0.444 e. The maximum Gasteiger partial charge on any atom is 0.407 e. The van der Waals surface area contributed by atoms with Crippen LogP contribution in [0.5, 0.6) is 0 Å². The number of carbonyl (C=O) groups is 1. The van der Waals surface area contributed by atoms with Crippen molar-refractivity contribution in [2.75, 3.05) is 43.1 Å². The second-order valence-electron chi connectivity index (χ2n) is 12.0. The van der Waals surface area contributed by atoms with Crippen LogP contribution in [0, 0.1) is 11.7 Å². The molecule has 1 aliphatic carbocycles. The Balaban J connectivity index is 1.35. The van der Waals surface area contributed by atoms with Gasteiger partial charge in [0, 0.05) is 38.0 Å². The fraction of sp³-hybridized carbons (Fsp3) is 0.633. The van der Waals surface area contributed by atoms with Crippen LogP contribution in [0.4, 0.5) is 20.6 Å².